The molecule has 2 aromatic rings. The summed E-state index contributed by atoms with van der Waals surface area (Å²) in [5.41, 5.74) is 3.76. The van der Waals surface area contributed by atoms with E-state index < -0.39 is 0 Å². The lowest BCUT2D eigenvalue weighted by Gasteiger charge is -2.34. The molecule has 1 saturated carbocycles. The predicted molar refractivity (Wildman–Crippen MR) is 102 cm³/mol. The van der Waals surface area contributed by atoms with Gasteiger partial charge in [-0.25, -0.2) is 4.79 Å². The second-order valence-corrected chi connectivity index (χ2v) is 7.88. The molecule has 2 fully saturated rings. The van der Waals surface area contributed by atoms with Crippen LogP contribution in [0.15, 0.2) is 24.3 Å². The van der Waals surface area contributed by atoms with Crippen LogP contribution >= 0.6 is 0 Å². The van der Waals surface area contributed by atoms with Gasteiger partial charge in [0, 0.05) is 36.3 Å². The first-order valence-electron chi connectivity index (χ1n) is 9.84. The van der Waals surface area contributed by atoms with E-state index in [9.17, 15) is 4.79 Å². The molecule has 25 heavy (non-hydrogen) atoms. The minimum Gasteiger partial charge on any atom is -0.358 e. The van der Waals surface area contributed by atoms with Crippen LogP contribution in [0.2, 0.25) is 0 Å². The summed E-state index contributed by atoms with van der Waals surface area (Å²) in [5.74, 6) is 0.415. The van der Waals surface area contributed by atoms with Crippen molar-refractivity contribution in [2.45, 2.75) is 63.8 Å². The zero-order chi connectivity index (χ0) is 17.2. The molecule has 1 aromatic carbocycles. The quantitative estimate of drug-likeness (QED) is 0.819. The SMILES string of the molecule is Cc1ccc2[nH]c(C3CCCN(C(=O)NC4CCCCC4)C3)cc2c1. The molecule has 0 bridgehead atoms. The Morgan fingerprint density at radius 2 is 1.96 bits per heavy atom. The van der Waals surface area contributed by atoms with Gasteiger partial charge in [0.25, 0.3) is 0 Å². The van der Waals surface area contributed by atoms with Crippen LogP contribution in [0.4, 0.5) is 4.79 Å². The summed E-state index contributed by atoms with van der Waals surface area (Å²) in [6.07, 6.45) is 8.34. The number of nitrogens with one attached hydrogen (secondary N) is 2. The molecule has 2 amide bonds. The molecule has 4 rings (SSSR count). The molecule has 2 heterocycles. The molecule has 0 radical (unpaired) electrons. The molecule has 1 aromatic heterocycles. The smallest absolute Gasteiger partial charge is 0.317 e. The maximum absolute atomic E-state index is 12.7. The summed E-state index contributed by atoms with van der Waals surface area (Å²) in [6.45, 7) is 3.84. The Bertz CT molecular complexity index is 745. The van der Waals surface area contributed by atoms with E-state index in [1.165, 1.54) is 41.4 Å². The van der Waals surface area contributed by atoms with Crippen molar-refractivity contribution in [1.82, 2.24) is 15.2 Å². The number of aromatic nitrogens is 1. The summed E-state index contributed by atoms with van der Waals surface area (Å²) in [6, 6.07) is 9.33. The molecular formula is C21H29N3O. The van der Waals surface area contributed by atoms with Gasteiger partial charge in [0.2, 0.25) is 0 Å². The number of piperidine rings is 1. The maximum Gasteiger partial charge on any atom is 0.317 e. The minimum atomic E-state index is 0.142. The van der Waals surface area contributed by atoms with Crippen molar-refractivity contribution in [2.24, 2.45) is 0 Å². The third kappa shape index (κ3) is 3.68. The van der Waals surface area contributed by atoms with Crippen LogP contribution < -0.4 is 5.32 Å². The second-order valence-electron chi connectivity index (χ2n) is 7.88. The van der Waals surface area contributed by atoms with Crippen molar-refractivity contribution in [3.8, 4) is 0 Å². The van der Waals surface area contributed by atoms with E-state index in [1.54, 1.807) is 0 Å². The number of hydrogen-bond donors (Lipinski definition) is 2. The summed E-state index contributed by atoms with van der Waals surface area (Å²) in [5, 5.41) is 4.55. The number of carbonyl (C=O) groups excluding carboxylic acids is 1. The molecule has 2 aliphatic rings. The molecule has 1 aliphatic carbocycles. The van der Waals surface area contributed by atoms with E-state index in [4.69, 9.17) is 0 Å². The number of fused-ring (bicyclic) bond motifs is 1. The van der Waals surface area contributed by atoms with E-state index in [0.717, 1.165) is 38.8 Å². The van der Waals surface area contributed by atoms with Gasteiger partial charge in [0.1, 0.15) is 0 Å². The van der Waals surface area contributed by atoms with Gasteiger partial charge in [0.05, 0.1) is 0 Å². The second kappa shape index (κ2) is 7.11. The standard InChI is InChI=1S/C21H29N3O/c1-15-9-10-19-17(12-15)13-20(23-19)16-6-5-11-24(14-16)21(25)22-18-7-3-2-4-8-18/h9-10,12-13,16,18,23H,2-8,11,14H2,1H3,(H,22,25). The van der Waals surface area contributed by atoms with Crippen LogP contribution in [0.5, 0.6) is 0 Å². The van der Waals surface area contributed by atoms with Crippen molar-refractivity contribution in [3.63, 3.8) is 0 Å². The molecule has 0 spiro atoms. The molecular weight excluding hydrogens is 310 g/mol. The number of hydrogen-bond acceptors (Lipinski definition) is 1. The average molecular weight is 339 g/mol. The van der Waals surface area contributed by atoms with Gasteiger partial charge in [0.15, 0.2) is 0 Å². The van der Waals surface area contributed by atoms with Gasteiger partial charge in [-0.15, -0.1) is 0 Å². The monoisotopic (exact) mass is 339 g/mol. The van der Waals surface area contributed by atoms with Gasteiger partial charge in [-0.2, -0.15) is 0 Å². The van der Waals surface area contributed by atoms with E-state index in [1.807, 2.05) is 4.90 Å². The van der Waals surface area contributed by atoms with Crippen LogP contribution in [0.3, 0.4) is 0 Å². The highest BCUT2D eigenvalue weighted by Gasteiger charge is 2.27. The Balaban J connectivity index is 1.43. The van der Waals surface area contributed by atoms with Crippen molar-refractivity contribution in [1.29, 1.82) is 0 Å². The van der Waals surface area contributed by atoms with Crippen molar-refractivity contribution in [3.05, 3.63) is 35.5 Å². The molecule has 1 aliphatic heterocycles. The van der Waals surface area contributed by atoms with Crippen LogP contribution in [0.25, 0.3) is 10.9 Å². The van der Waals surface area contributed by atoms with Crippen LogP contribution in [-0.2, 0) is 0 Å². The Labute approximate surface area is 150 Å². The molecule has 4 nitrogen and oxygen atoms in total. The largest absolute Gasteiger partial charge is 0.358 e. The first kappa shape index (κ1) is 16.5. The van der Waals surface area contributed by atoms with E-state index in [0.29, 0.717) is 12.0 Å². The highest BCUT2D eigenvalue weighted by atomic mass is 16.2. The Kier molecular flexibility index (Phi) is 4.69. The van der Waals surface area contributed by atoms with Crippen LogP contribution in [0.1, 0.15) is 62.1 Å². The normalized spacial score (nSPS) is 22.3. The summed E-state index contributed by atoms with van der Waals surface area (Å²) in [7, 11) is 0. The lowest BCUT2D eigenvalue weighted by molar-refractivity contribution is 0.172. The zero-order valence-electron chi connectivity index (χ0n) is 15.2. The van der Waals surface area contributed by atoms with Crippen molar-refractivity contribution in [2.75, 3.05) is 13.1 Å². The highest BCUT2D eigenvalue weighted by molar-refractivity contribution is 5.81. The zero-order valence-corrected chi connectivity index (χ0v) is 15.2. The van der Waals surface area contributed by atoms with Gasteiger partial charge in [-0.1, -0.05) is 30.9 Å². The third-order valence-corrected chi connectivity index (χ3v) is 5.88. The number of carbonyl (C=O) groups is 1. The number of nitrogens with zero attached hydrogens (tertiary/aromatic N) is 1. The van der Waals surface area contributed by atoms with Gasteiger partial charge < -0.3 is 15.2 Å². The minimum absolute atomic E-state index is 0.142. The lowest BCUT2D eigenvalue weighted by atomic mass is 9.94. The first-order valence-corrected chi connectivity index (χ1v) is 9.84. The van der Waals surface area contributed by atoms with Gasteiger partial charge in [-0.05, 0) is 56.2 Å². The number of aromatic amines is 1. The number of H-pyrrole nitrogens is 1. The van der Waals surface area contributed by atoms with Gasteiger partial charge >= 0.3 is 6.03 Å². The van der Waals surface area contributed by atoms with E-state index >= 15 is 0 Å². The molecule has 4 heteroatoms. The Morgan fingerprint density at radius 3 is 2.80 bits per heavy atom. The number of aryl methyl sites for hydroxylation is 1. The molecule has 134 valence electrons. The fourth-order valence-corrected chi connectivity index (χ4v) is 4.42. The third-order valence-electron chi connectivity index (χ3n) is 5.88. The van der Waals surface area contributed by atoms with Gasteiger partial charge in [-0.3, -0.25) is 0 Å². The predicted octanol–water partition coefficient (Wildman–Crippen LogP) is 4.70. The van der Waals surface area contributed by atoms with Crippen molar-refractivity contribution >= 4 is 16.9 Å². The summed E-state index contributed by atoms with van der Waals surface area (Å²) >= 11 is 0. The molecule has 1 saturated heterocycles. The average Bonchev–Trinajstić information content (AvgIpc) is 3.06. The number of urea groups is 1. The molecule has 1 unspecified atom stereocenters. The molecule has 2 N–H and O–H groups in total. The lowest BCUT2D eigenvalue weighted by Crippen LogP contribution is -2.48. The maximum atomic E-state index is 12.7. The number of rotatable bonds is 2. The molecule has 1 atom stereocenters. The summed E-state index contributed by atoms with van der Waals surface area (Å²) < 4.78 is 0. The van der Waals surface area contributed by atoms with Crippen LogP contribution in [0, 0.1) is 6.92 Å². The van der Waals surface area contributed by atoms with Crippen LogP contribution in [-0.4, -0.2) is 35.0 Å². The number of likely N-dealkylation sites (tertiary alicyclic amines) is 1. The number of amides is 2. The fourth-order valence-electron chi connectivity index (χ4n) is 4.42. The first-order chi connectivity index (χ1) is 12.2. The van der Waals surface area contributed by atoms with Crippen molar-refractivity contribution < 1.29 is 4.79 Å². The Hall–Kier alpha value is -1.97. The number of benzene rings is 1. The highest BCUT2D eigenvalue weighted by Crippen LogP contribution is 2.29. The fraction of sp³-hybridized carbons (Fsp3) is 0.571. The summed E-state index contributed by atoms with van der Waals surface area (Å²) in [4.78, 5) is 18.3. The van der Waals surface area contributed by atoms with E-state index in [2.05, 4.69) is 41.5 Å². The topological polar surface area (TPSA) is 48.1 Å². The Morgan fingerprint density at radius 1 is 1.12 bits per heavy atom. The van der Waals surface area contributed by atoms with E-state index in [-0.39, 0.29) is 6.03 Å².